The number of rotatable bonds is 6. The molecule has 0 aliphatic carbocycles. The summed E-state index contributed by atoms with van der Waals surface area (Å²) < 4.78 is 4.98. The highest BCUT2D eigenvalue weighted by Crippen LogP contribution is 2.14. The summed E-state index contributed by atoms with van der Waals surface area (Å²) in [6.07, 6.45) is 6.15. The van der Waals surface area contributed by atoms with Crippen molar-refractivity contribution in [2.45, 2.75) is 44.9 Å². The Morgan fingerprint density at radius 3 is 1.81 bits per heavy atom. The summed E-state index contributed by atoms with van der Waals surface area (Å²) in [6.45, 7) is 2.07. The van der Waals surface area contributed by atoms with Gasteiger partial charge in [-0.3, -0.25) is 9.59 Å². The number of carboxylic acid groups (broad SMARTS) is 1. The van der Waals surface area contributed by atoms with E-state index in [9.17, 15) is 19.2 Å². The molecule has 0 spiro atoms. The average molecular weight is 366 g/mol. The van der Waals surface area contributed by atoms with Crippen LogP contribution < -0.4 is 0 Å². The maximum absolute atomic E-state index is 12.3. The summed E-state index contributed by atoms with van der Waals surface area (Å²) in [4.78, 5) is 50.8. The highest BCUT2D eigenvalue weighted by Gasteiger charge is 2.24. The molecule has 8 heteroatoms. The van der Waals surface area contributed by atoms with Crippen LogP contribution in [-0.4, -0.2) is 71.4 Å². The van der Waals surface area contributed by atoms with Crippen molar-refractivity contribution in [3.63, 3.8) is 0 Å². The lowest BCUT2D eigenvalue weighted by atomic mass is 10.1. The zero-order chi connectivity index (χ0) is 18.9. The summed E-state index contributed by atoms with van der Waals surface area (Å²) in [5, 5.41) is 8.95. The van der Waals surface area contributed by atoms with Gasteiger partial charge in [-0.2, -0.15) is 0 Å². The average Bonchev–Trinajstić information content (AvgIpc) is 2.66. The van der Waals surface area contributed by atoms with Crippen LogP contribution in [-0.2, 0) is 23.9 Å². The molecule has 0 saturated carbocycles. The molecule has 8 nitrogen and oxygen atoms in total. The van der Waals surface area contributed by atoms with Gasteiger partial charge in [0.2, 0.25) is 5.91 Å². The molecule has 2 fully saturated rings. The third-order valence-electron chi connectivity index (χ3n) is 4.65. The molecule has 2 aliphatic rings. The Morgan fingerprint density at radius 2 is 1.31 bits per heavy atom. The predicted molar refractivity (Wildman–Crippen MR) is 92.2 cm³/mol. The summed E-state index contributed by atoms with van der Waals surface area (Å²) in [5.41, 5.74) is -0.237. The van der Waals surface area contributed by atoms with E-state index in [1.54, 1.807) is 9.80 Å². The van der Waals surface area contributed by atoms with Crippen molar-refractivity contribution in [1.29, 1.82) is 0 Å². The van der Waals surface area contributed by atoms with Gasteiger partial charge in [0.25, 0.3) is 5.91 Å². The van der Waals surface area contributed by atoms with E-state index in [2.05, 4.69) is 0 Å². The Labute approximate surface area is 152 Å². The molecule has 0 aromatic heterocycles. The van der Waals surface area contributed by atoms with E-state index in [1.165, 1.54) is 0 Å². The largest absolute Gasteiger partial charge is 0.478 e. The number of carbonyl (C=O) groups is 4. The topological polar surface area (TPSA) is 104 Å². The fraction of sp³-hybridized carbons (Fsp3) is 0.667. The van der Waals surface area contributed by atoms with Crippen molar-refractivity contribution < 1.29 is 29.0 Å². The first-order valence-corrected chi connectivity index (χ1v) is 9.13. The molecule has 0 atom stereocenters. The highest BCUT2D eigenvalue weighted by atomic mass is 16.5. The number of hydrogen-bond donors (Lipinski definition) is 1. The minimum absolute atomic E-state index is 0.237. The van der Waals surface area contributed by atoms with Gasteiger partial charge in [-0.1, -0.05) is 0 Å². The number of carbonyl (C=O) groups excluding carboxylic acids is 3. The Balaban J connectivity index is 1.90. The molecule has 26 heavy (non-hydrogen) atoms. The van der Waals surface area contributed by atoms with Crippen LogP contribution in [0.15, 0.2) is 11.6 Å². The second-order valence-corrected chi connectivity index (χ2v) is 6.64. The SMILES string of the molecule is O=C(O)C=C(CC(=O)N1CCCCC1)C(=O)OCC(=O)N1CCCCC1. The van der Waals surface area contributed by atoms with E-state index < -0.39 is 18.5 Å². The first-order chi connectivity index (χ1) is 12.5. The number of carboxylic acids is 1. The predicted octanol–water partition coefficient (Wildman–Crippen LogP) is 0.956. The first-order valence-electron chi connectivity index (χ1n) is 9.13. The smallest absolute Gasteiger partial charge is 0.335 e. The van der Waals surface area contributed by atoms with E-state index >= 15 is 0 Å². The van der Waals surface area contributed by atoms with Crippen LogP contribution in [0.1, 0.15) is 44.9 Å². The summed E-state index contributed by atoms with van der Waals surface area (Å²) in [6, 6.07) is 0. The summed E-state index contributed by atoms with van der Waals surface area (Å²) in [7, 11) is 0. The number of esters is 1. The van der Waals surface area contributed by atoms with Gasteiger partial charge in [-0.15, -0.1) is 0 Å². The number of likely N-dealkylation sites (tertiary alicyclic amines) is 2. The van der Waals surface area contributed by atoms with Crippen molar-refractivity contribution in [3.05, 3.63) is 11.6 Å². The van der Waals surface area contributed by atoms with Crippen molar-refractivity contribution in [2.24, 2.45) is 0 Å². The minimum Gasteiger partial charge on any atom is -0.478 e. The Morgan fingerprint density at radius 1 is 0.808 bits per heavy atom. The Bertz CT molecular complexity index is 574. The molecule has 0 bridgehead atoms. The van der Waals surface area contributed by atoms with Crippen LogP contribution >= 0.6 is 0 Å². The quantitative estimate of drug-likeness (QED) is 0.554. The zero-order valence-electron chi connectivity index (χ0n) is 14.9. The highest BCUT2D eigenvalue weighted by molar-refractivity contribution is 6.00. The molecule has 0 radical (unpaired) electrons. The molecule has 0 aromatic rings. The molecule has 2 aliphatic heterocycles. The first kappa shape index (κ1) is 19.9. The lowest BCUT2D eigenvalue weighted by molar-refractivity contribution is -0.150. The van der Waals surface area contributed by atoms with Crippen LogP contribution in [0, 0.1) is 0 Å². The molecule has 2 heterocycles. The Hall–Kier alpha value is -2.38. The number of aliphatic carboxylic acids is 1. The second kappa shape index (κ2) is 9.94. The molecule has 2 amide bonds. The molecule has 144 valence electrons. The summed E-state index contributed by atoms with van der Waals surface area (Å²) in [5.74, 6) is -2.85. The fourth-order valence-corrected chi connectivity index (χ4v) is 3.20. The maximum Gasteiger partial charge on any atom is 0.335 e. The number of amides is 2. The third kappa shape index (κ3) is 6.16. The Kier molecular flexibility index (Phi) is 7.62. The van der Waals surface area contributed by atoms with Crippen LogP contribution in [0.5, 0.6) is 0 Å². The van der Waals surface area contributed by atoms with Crippen molar-refractivity contribution in [1.82, 2.24) is 9.80 Å². The standard InChI is InChI=1S/C18H26N2O6/c21-15(19-7-3-1-4-8-19)11-14(12-17(23)24)18(25)26-13-16(22)20-9-5-2-6-10-20/h12H,1-11,13H2,(H,23,24). The van der Waals surface area contributed by atoms with E-state index in [-0.39, 0.29) is 23.8 Å². The van der Waals surface area contributed by atoms with Gasteiger partial charge in [-0.05, 0) is 38.5 Å². The molecule has 0 unspecified atom stereocenters. The zero-order valence-corrected chi connectivity index (χ0v) is 14.9. The number of nitrogens with zero attached hydrogens (tertiary/aromatic N) is 2. The van der Waals surface area contributed by atoms with Crippen LogP contribution in [0.2, 0.25) is 0 Å². The molecule has 2 rings (SSSR count). The molecule has 2 saturated heterocycles. The van der Waals surface area contributed by atoms with E-state index in [1.807, 2.05) is 0 Å². The van der Waals surface area contributed by atoms with Gasteiger partial charge in [0.15, 0.2) is 6.61 Å². The van der Waals surface area contributed by atoms with Gasteiger partial charge in [0.05, 0.1) is 12.0 Å². The van der Waals surface area contributed by atoms with Crippen molar-refractivity contribution in [2.75, 3.05) is 32.8 Å². The number of piperidine rings is 2. The van der Waals surface area contributed by atoms with Gasteiger partial charge >= 0.3 is 11.9 Å². The molecular formula is C18H26N2O6. The maximum atomic E-state index is 12.3. The molecule has 0 aromatic carbocycles. The molecular weight excluding hydrogens is 340 g/mol. The van der Waals surface area contributed by atoms with Gasteiger partial charge < -0.3 is 19.6 Å². The monoisotopic (exact) mass is 366 g/mol. The van der Waals surface area contributed by atoms with Gasteiger partial charge in [-0.25, -0.2) is 9.59 Å². The van der Waals surface area contributed by atoms with Crippen molar-refractivity contribution >= 4 is 23.8 Å². The number of hydrogen-bond acceptors (Lipinski definition) is 5. The second-order valence-electron chi connectivity index (χ2n) is 6.64. The van der Waals surface area contributed by atoms with Gasteiger partial charge in [0.1, 0.15) is 0 Å². The van der Waals surface area contributed by atoms with Crippen LogP contribution in [0.4, 0.5) is 0 Å². The van der Waals surface area contributed by atoms with E-state index in [0.29, 0.717) is 32.3 Å². The van der Waals surface area contributed by atoms with Crippen LogP contribution in [0.3, 0.4) is 0 Å². The minimum atomic E-state index is -1.33. The summed E-state index contributed by atoms with van der Waals surface area (Å²) >= 11 is 0. The fourth-order valence-electron chi connectivity index (χ4n) is 3.20. The van der Waals surface area contributed by atoms with Crippen LogP contribution in [0.25, 0.3) is 0 Å². The lowest BCUT2D eigenvalue weighted by Gasteiger charge is -2.27. The number of ether oxygens (including phenoxy) is 1. The molecule has 1 N–H and O–H groups in total. The van der Waals surface area contributed by atoms with Gasteiger partial charge in [0, 0.05) is 32.3 Å². The third-order valence-corrected chi connectivity index (χ3v) is 4.65. The van der Waals surface area contributed by atoms with Crippen molar-refractivity contribution in [3.8, 4) is 0 Å². The lowest BCUT2D eigenvalue weighted by Crippen LogP contribution is -2.39. The van der Waals surface area contributed by atoms with E-state index in [4.69, 9.17) is 9.84 Å². The normalized spacial score (nSPS) is 18.4. The van der Waals surface area contributed by atoms with E-state index in [0.717, 1.165) is 38.5 Å².